The van der Waals surface area contributed by atoms with Crippen LogP contribution in [0.25, 0.3) is 11.3 Å². The molecule has 0 radical (unpaired) electrons. The monoisotopic (exact) mass is 346 g/mol. The van der Waals surface area contributed by atoms with Crippen LogP contribution in [0.15, 0.2) is 34.8 Å². The second-order valence-electron chi connectivity index (χ2n) is 6.03. The zero-order valence-corrected chi connectivity index (χ0v) is 12.9. The molecule has 5 rings (SSSR count). The van der Waals surface area contributed by atoms with Gasteiger partial charge >= 0.3 is 0 Å². The van der Waals surface area contributed by atoms with Crippen LogP contribution in [0.2, 0.25) is 0 Å². The zero-order chi connectivity index (χ0) is 14.6. The maximum Gasteiger partial charge on any atom is 0.272 e. The van der Waals surface area contributed by atoms with Crippen LogP contribution in [0, 0.1) is 0 Å². The minimum Gasteiger partial charge on any atom is -0.332 e. The first-order chi connectivity index (χ1) is 10.0. The number of hydrogen-bond donors (Lipinski definition) is 2. The van der Waals surface area contributed by atoms with Crippen LogP contribution in [0.1, 0.15) is 23.3 Å². The molecule has 2 aromatic rings. The highest BCUT2D eigenvalue weighted by Gasteiger charge is 2.54. The summed E-state index contributed by atoms with van der Waals surface area (Å²) in [4.78, 5) is 14.4. The summed E-state index contributed by atoms with van der Waals surface area (Å²) in [5.74, 6) is 0.000636. The van der Waals surface area contributed by atoms with Gasteiger partial charge in [-0.1, -0.05) is 28.1 Å². The SMILES string of the molecule is NC12CC(C1)N(C(=O)c1cc(-c3ccc(Br)cc3)n[nH]1)C2. The molecule has 6 heteroatoms. The van der Waals surface area contributed by atoms with Crippen LogP contribution in [0.5, 0.6) is 0 Å². The van der Waals surface area contributed by atoms with Crippen LogP contribution in [-0.2, 0) is 0 Å². The number of hydrogen-bond acceptors (Lipinski definition) is 3. The number of carbonyl (C=O) groups is 1. The fourth-order valence-electron chi connectivity index (χ4n) is 3.29. The van der Waals surface area contributed by atoms with E-state index in [2.05, 4.69) is 26.1 Å². The summed E-state index contributed by atoms with van der Waals surface area (Å²) in [6.45, 7) is 0.656. The van der Waals surface area contributed by atoms with Gasteiger partial charge in [0.15, 0.2) is 0 Å². The van der Waals surface area contributed by atoms with Crippen molar-refractivity contribution < 1.29 is 4.79 Å². The highest BCUT2D eigenvalue weighted by molar-refractivity contribution is 9.10. The standard InChI is InChI=1S/C15H15BrN4O/c16-10-3-1-9(2-4-10)12-5-13(19-18-12)14(21)20-8-15(17)6-11(20)7-15/h1-5,11H,6-8,17H2,(H,18,19). The fraction of sp³-hybridized carbons (Fsp3) is 0.333. The molecular weight excluding hydrogens is 332 g/mol. The Morgan fingerprint density at radius 3 is 2.71 bits per heavy atom. The molecule has 0 unspecified atom stereocenters. The van der Waals surface area contributed by atoms with E-state index in [4.69, 9.17) is 5.73 Å². The van der Waals surface area contributed by atoms with Gasteiger partial charge in [-0.15, -0.1) is 0 Å². The van der Waals surface area contributed by atoms with Crippen molar-refractivity contribution in [2.45, 2.75) is 24.4 Å². The smallest absolute Gasteiger partial charge is 0.272 e. The number of amides is 1. The second-order valence-corrected chi connectivity index (χ2v) is 6.95. The highest BCUT2D eigenvalue weighted by atomic mass is 79.9. The third-order valence-electron chi connectivity index (χ3n) is 4.42. The lowest BCUT2D eigenvalue weighted by Crippen LogP contribution is -2.48. The predicted octanol–water partition coefficient (Wildman–Crippen LogP) is 2.15. The molecule has 1 amide bonds. The molecule has 1 saturated carbocycles. The van der Waals surface area contributed by atoms with Gasteiger partial charge in [-0.05, 0) is 31.0 Å². The molecule has 108 valence electrons. The van der Waals surface area contributed by atoms with Crippen molar-refractivity contribution in [3.63, 3.8) is 0 Å². The summed E-state index contributed by atoms with van der Waals surface area (Å²) in [6, 6.07) is 9.97. The quantitative estimate of drug-likeness (QED) is 0.874. The minimum absolute atomic E-state index is 0.000636. The molecule has 5 nitrogen and oxygen atoms in total. The predicted molar refractivity (Wildman–Crippen MR) is 82.7 cm³/mol. The van der Waals surface area contributed by atoms with Gasteiger partial charge in [0.25, 0.3) is 5.91 Å². The molecule has 1 aromatic heterocycles. The molecule has 1 aromatic carbocycles. The van der Waals surface area contributed by atoms with Crippen molar-refractivity contribution in [1.82, 2.24) is 15.1 Å². The van der Waals surface area contributed by atoms with Gasteiger partial charge in [-0.2, -0.15) is 5.10 Å². The Kier molecular flexibility index (Phi) is 2.74. The van der Waals surface area contributed by atoms with Gasteiger partial charge in [-0.25, -0.2) is 0 Å². The van der Waals surface area contributed by atoms with Crippen LogP contribution >= 0.6 is 15.9 Å². The number of aromatic nitrogens is 2. The van der Waals surface area contributed by atoms with E-state index in [9.17, 15) is 4.79 Å². The summed E-state index contributed by atoms with van der Waals surface area (Å²) < 4.78 is 1.02. The van der Waals surface area contributed by atoms with Crippen molar-refractivity contribution in [3.05, 3.63) is 40.5 Å². The molecule has 2 aliphatic heterocycles. The lowest BCUT2D eigenvalue weighted by molar-refractivity contribution is 0.0744. The number of aromatic amines is 1. The molecule has 0 atom stereocenters. The lowest BCUT2D eigenvalue weighted by Gasteiger charge is -2.32. The Balaban J connectivity index is 1.57. The molecule has 0 spiro atoms. The average Bonchev–Trinajstić information content (AvgIpc) is 3.11. The topological polar surface area (TPSA) is 75.0 Å². The van der Waals surface area contributed by atoms with E-state index in [0.717, 1.165) is 28.6 Å². The van der Waals surface area contributed by atoms with Crippen LogP contribution < -0.4 is 5.73 Å². The summed E-state index contributed by atoms with van der Waals surface area (Å²) in [6.07, 6.45) is 1.85. The Morgan fingerprint density at radius 2 is 2.10 bits per heavy atom. The molecule has 3 N–H and O–H groups in total. The number of H-pyrrole nitrogens is 1. The maximum atomic E-state index is 12.5. The Morgan fingerprint density at radius 1 is 1.38 bits per heavy atom. The first-order valence-electron chi connectivity index (χ1n) is 6.95. The first-order valence-corrected chi connectivity index (χ1v) is 7.75. The van der Waals surface area contributed by atoms with Crippen LogP contribution in [-0.4, -0.2) is 39.1 Å². The highest BCUT2D eigenvalue weighted by Crippen LogP contribution is 2.43. The molecule has 3 fully saturated rings. The first kappa shape index (κ1) is 13.0. The number of nitrogens with two attached hydrogens (primary N) is 1. The van der Waals surface area contributed by atoms with E-state index in [-0.39, 0.29) is 11.4 Å². The van der Waals surface area contributed by atoms with E-state index >= 15 is 0 Å². The fourth-order valence-corrected chi connectivity index (χ4v) is 3.55. The van der Waals surface area contributed by atoms with Crippen LogP contribution in [0.3, 0.4) is 0 Å². The van der Waals surface area contributed by atoms with Crippen molar-refractivity contribution in [3.8, 4) is 11.3 Å². The third kappa shape index (κ3) is 2.10. The molecule has 3 heterocycles. The van der Waals surface area contributed by atoms with Gasteiger partial charge in [0, 0.05) is 28.2 Å². The number of nitrogens with zero attached hydrogens (tertiary/aromatic N) is 2. The molecule has 2 bridgehead atoms. The number of benzene rings is 1. The van der Waals surface area contributed by atoms with E-state index in [1.807, 2.05) is 35.2 Å². The van der Waals surface area contributed by atoms with E-state index in [1.165, 1.54) is 0 Å². The van der Waals surface area contributed by atoms with Gasteiger partial charge in [0.1, 0.15) is 5.69 Å². The van der Waals surface area contributed by atoms with Gasteiger partial charge in [0.2, 0.25) is 0 Å². The van der Waals surface area contributed by atoms with Gasteiger partial charge < -0.3 is 10.6 Å². The van der Waals surface area contributed by atoms with E-state index in [1.54, 1.807) is 0 Å². The molecule has 21 heavy (non-hydrogen) atoms. The largest absolute Gasteiger partial charge is 0.332 e. The minimum atomic E-state index is -0.144. The Hall–Kier alpha value is -1.66. The van der Waals surface area contributed by atoms with Crippen molar-refractivity contribution in [1.29, 1.82) is 0 Å². The maximum absolute atomic E-state index is 12.5. The van der Waals surface area contributed by atoms with Crippen molar-refractivity contribution >= 4 is 21.8 Å². The second kappa shape index (κ2) is 4.42. The van der Waals surface area contributed by atoms with E-state index < -0.39 is 0 Å². The number of rotatable bonds is 2. The van der Waals surface area contributed by atoms with E-state index in [0.29, 0.717) is 18.3 Å². The normalized spacial score (nSPS) is 26.8. The molecular formula is C15H15BrN4O. The molecule has 1 aliphatic carbocycles. The Labute approximate surface area is 130 Å². The van der Waals surface area contributed by atoms with Crippen molar-refractivity contribution in [2.75, 3.05) is 6.54 Å². The summed E-state index contributed by atoms with van der Waals surface area (Å²) >= 11 is 3.41. The van der Waals surface area contributed by atoms with Crippen LogP contribution in [0.4, 0.5) is 0 Å². The molecule has 3 aliphatic rings. The number of fused-ring (bicyclic) bond motifs is 1. The average molecular weight is 347 g/mol. The summed E-state index contributed by atoms with van der Waals surface area (Å²) in [7, 11) is 0. The zero-order valence-electron chi connectivity index (χ0n) is 11.3. The number of nitrogens with one attached hydrogen (secondary N) is 1. The van der Waals surface area contributed by atoms with Crippen molar-refractivity contribution in [2.24, 2.45) is 5.73 Å². The third-order valence-corrected chi connectivity index (χ3v) is 4.95. The van der Waals surface area contributed by atoms with Gasteiger partial charge in [-0.3, -0.25) is 9.89 Å². The molecule has 2 saturated heterocycles. The lowest BCUT2D eigenvalue weighted by atomic mass is 9.79. The summed E-state index contributed by atoms with van der Waals surface area (Å²) in [5.41, 5.74) is 8.28. The number of halogens is 1. The Bertz CT molecular complexity index is 703. The number of carbonyl (C=O) groups excluding carboxylic acids is 1. The summed E-state index contributed by atoms with van der Waals surface area (Å²) in [5, 5.41) is 7.10. The van der Waals surface area contributed by atoms with Gasteiger partial charge in [0.05, 0.1) is 5.69 Å².